The monoisotopic (exact) mass is 235 g/mol. The van der Waals surface area contributed by atoms with Gasteiger partial charge in [-0.25, -0.2) is 9.78 Å². The molecule has 3 N–H and O–H groups in total. The van der Waals surface area contributed by atoms with Crippen LogP contribution in [0, 0.1) is 5.92 Å². The highest BCUT2D eigenvalue weighted by molar-refractivity contribution is 5.88. The van der Waals surface area contributed by atoms with Gasteiger partial charge < -0.3 is 10.4 Å². The zero-order valence-electron chi connectivity index (χ0n) is 9.60. The van der Waals surface area contributed by atoms with Crippen LogP contribution in [-0.4, -0.2) is 28.8 Å². The number of aliphatic hydroxyl groups is 1. The molecule has 0 aliphatic heterocycles. The second kappa shape index (κ2) is 5.63. The summed E-state index contributed by atoms with van der Waals surface area (Å²) in [5.74, 6) is 0.710. The molecule has 5 nitrogen and oxygen atoms in total. The maximum atomic E-state index is 11.5. The van der Waals surface area contributed by atoms with E-state index in [1.54, 1.807) is 18.3 Å². The van der Waals surface area contributed by atoms with Crippen molar-refractivity contribution in [1.29, 1.82) is 0 Å². The molecule has 17 heavy (non-hydrogen) atoms. The van der Waals surface area contributed by atoms with Crippen LogP contribution in [0.1, 0.15) is 19.3 Å². The lowest BCUT2D eigenvalue weighted by Crippen LogP contribution is -2.35. The number of nitrogens with one attached hydrogen (secondary N) is 2. The molecule has 1 aliphatic rings. The third kappa shape index (κ3) is 3.42. The number of carbonyl (C=O) groups excluding carboxylic acids is 1. The summed E-state index contributed by atoms with van der Waals surface area (Å²) in [6, 6.07) is 5.05. The van der Waals surface area contributed by atoms with E-state index in [2.05, 4.69) is 15.6 Å². The Bertz CT molecular complexity index is 369. The fraction of sp³-hybridized carbons (Fsp3) is 0.500. The van der Waals surface area contributed by atoms with E-state index in [1.165, 1.54) is 0 Å². The van der Waals surface area contributed by atoms with Gasteiger partial charge in [-0.15, -0.1) is 0 Å². The number of rotatable bonds is 3. The van der Waals surface area contributed by atoms with Gasteiger partial charge in [0.05, 0.1) is 6.10 Å². The summed E-state index contributed by atoms with van der Waals surface area (Å²) in [6.07, 6.45) is 4.20. The van der Waals surface area contributed by atoms with Crippen molar-refractivity contribution in [3.63, 3.8) is 0 Å². The van der Waals surface area contributed by atoms with Crippen LogP contribution in [0.4, 0.5) is 10.6 Å². The number of nitrogens with zero attached hydrogens (tertiary/aromatic N) is 1. The molecule has 2 amide bonds. The standard InChI is InChI=1S/C12H17N3O2/c16-10-5-3-4-9(10)8-14-12(17)15-11-6-1-2-7-13-11/h1-2,6-7,9-10,16H,3-5,8H2,(H2,13,14,15,17). The Hall–Kier alpha value is -1.62. The van der Waals surface area contributed by atoms with E-state index in [4.69, 9.17) is 0 Å². The number of pyridine rings is 1. The molecule has 1 fully saturated rings. The third-order valence-electron chi connectivity index (χ3n) is 3.05. The van der Waals surface area contributed by atoms with Crippen LogP contribution in [0.15, 0.2) is 24.4 Å². The second-order valence-electron chi connectivity index (χ2n) is 4.31. The Kier molecular flexibility index (Phi) is 3.93. The lowest BCUT2D eigenvalue weighted by molar-refractivity contribution is 0.133. The molecule has 2 rings (SSSR count). The Morgan fingerprint density at radius 2 is 2.35 bits per heavy atom. The third-order valence-corrected chi connectivity index (χ3v) is 3.05. The van der Waals surface area contributed by atoms with Crippen LogP contribution in [-0.2, 0) is 0 Å². The van der Waals surface area contributed by atoms with Crippen LogP contribution in [0.5, 0.6) is 0 Å². The minimum atomic E-state index is -0.275. The number of urea groups is 1. The molecule has 2 atom stereocenters. The number of aromatic nitrogens is 1. The minimum absolute atomic E-state index is 0.185. The highest BCUT2D eigenvalue weighted by Gasteiger charge is 2.25. The summed E-state index contributed by atoms with van der Waals surface area (Å²) in [6.45, 7) is 0.514. The zero-order chi connectivity index (χ0) is 12.1. The lowest BCUT2D eigenvalue weighted by atomic mass is 10.1. The molecule has 92 valence electrons. The largest absolute Gasteiger partial charge is 0.393 e. The predicted octanol–water partition coefficient (Wildman–Crippen LogP) is 1.36. The van der Waals surface area contributed by atoms with Crippen molar-refractivity contribution in [3.8, 4) is 0 Å². The summed E-state index contributed by atoms with van der Waals surface area (Å²) >= 11 is 0. The predicted molar refractivity (Wildman–Crippen MR) is 64.6 cm³/mol. The molecule has 1 aromatic rings. The topological polar surface area (TPSA) is 74.2 Å². The molecule has 0 saturated heterocycles. The molecular formula is C12H17N3O2. The molecule has 1 heterocycles. The van der Waals surface area contributed by atoms with E-state index in [9.17, 15) is 9.90 Å². The van der Waals surface area contributed by atoms with E-state index in [0.29, 0.717) is 12.4 Å². The van der Waals surface area contributed by atoms with Crippen LogP contribution < -0.4 is 10.6 Å². The van der Waals surface area contributed by atoms with Crippen molar-refractivity contribution in [1.82, 2.24) is 10.3 Å². The minimum Gasteiger partial charge on any atom is -0.393 e. The number of hydrogen-bond acceptors (Lipinski definition) is 3. The molecule has 0 radical (unpaired) electrons. The summed E-state index contributed by atoms with van der Waals surface area (Å²) < 4.78 is 0. The SMILES string of the molecule is O=C(NCC1CCCC1O)Nc1ccccn1. The zero-order valence-corrected chi connectivity index (χ0v) is 9.60. The molecule has 1 aliphatic carbocycles. The van der Waals surface area contributed by atoms with Crippen molar-refractivity contribution < 1.29 is 9.90 Å². The average molecular weight is 235 g/mol. The number of aliphatic hydroxyl groups excluding tert-OH is 1. The quantitative estimate of drug-likeness (QED) is 0.740. The fourth-order valence-corrected chi connectivity index (χ4v) is 2.08. The van der Waals surface area contributed by atoms with E-state index in [-0.39, 0.29) is 18.1 Å². The maximum absolute atomic E-state index is 11.5. The number of amides is 2. The highest BCUT2D eigenvalue weighted by Crippen LogP contribution is 2.24. The normalized spacial score (nSPS) is 23.4. The van der Waals surface area contributed by atoms with E-state index in [1.807, 2.05) is 6.07 Å². The summed E-state index contributed by atoms with van der Waals surface area (Å²) in [5.41, 5.74) is 0. The fourth-order valence-electron chi connectivity index (χ4n) is 2.08. The first-order valence-corrected chi connectivity index (χ1v) is 5.89. The Morgan fingerprint density at radius 3 is 3.00 bits per heavy atom. The Balaban J connectivity index is 1.74. The van der Waals surface area contributed by atoms with Crippen molar-refractivity contribution in [3.05, 3.63) is 24.4 Å². The summed E-state index contributed by atoms with van der Waals surface area (Å²) in [4.78, 5) is 15.5. The van der Waals surface area contributed by atoms with Crippen molar-refractivity contribution in [2.75, 3.05) is 11.9 Å². The van der Waals surface area contributed by atoms with Gasteiger partial charge in [-0.1, -0.05) is 12.5 Å². The van der Waals surface area contributed by atoms with Gasteiger partial charge in [0.1, 0.15) is 5.82 Å². The molecule has 1 saturated carbocycles. The number of carbonyl (C=O) groups is 1. The first-order valence-electron chi connectivity index (χ1n) is 5.89. The summed E-state index contributed by atoms with van der Waals surface area (Å²) in [7, 11) is 0. The second-order valence-corrected chi connectivity index (χ2v) is 4.31. The first-order chi connectivity index (χ1) is 8.25. The number of hydrogen-bond donors (Lipinski definition) is 3. The van der Waals surface area contributed by atoms with Crippen LogP contribution in [0.25, 0.3) is 0 Å². The van der Waals surface area contributed by atoms with Gasteiger partial charge in [0.25, 0.3) is 0 Å². The Labute approximate surface area is 100 Å². The smallest absolute Gasteiger partial charge is 0.320 e. The van der Waals surface area contributed by atoms with Crippen molar-refractivity contribution >= 4 is 11.8 Å². The van der Waals surface area contributed by atoms with Gasteiger partial charge in [0.15, 0.2) is 0 Å². The van der Waals surface area contributed by atoms with Crippen molar-refractivity contribution in [2.45, 2.75) is 25.4 Å². The van der Waals surface area contributed by atoms with Gasteiger partial charge in [0.2, 0.25) is 0 Å². The molecular weight excluding hydrogens is 218 g/mol. The van der Waals surface area contributed by atoms with Crippen LogP contribution >= 0.6 is 0 Å². The molecule has 0 spiro atoms. The molecule has 2 unspecified atom stereocenters. The van der Waals surface area contributed by atoms with E-state index < -0.39 is 0 Å². The molecule has 0 bridgehead atoms. The highest BCUT2D eigenvalue weighted by atomic mass is 16.3. The number of anilines is 1. The Morgan fingerprint density at radius 1 is 1.47 bits per heavy atom. The van der Waals surface area contributed by atoms with Crippen molar-refractivity contribution in [2.24, 2.45) is 5.92 Å². The average Bonchev–Trinajstić information content (AvgIpc) is 2.74. The van der Waals surface area contributed by atoms with Gasteiger partial charge in [-0.2, -0.15) is 0 Å². The first kappa shape index (κ1) is 11.9. The molecule has 0 aromatic carbocycles. The van der Waals surface area contributed by atoms with E-state index in [0.717, 1.165) is 19.3 Å². The van der Waals surface area contributed by atoms with E-state index >= 15 is 0 Å². The van der Waals surface area contributed by atoms with Gasteiger partial charge in [-0.05, 0) is 25.0 Å². The lowest BCUT2D eigenvalue weighted by Gasteiger charge is -2.15. The molecule has 1 aromatic heterocycles. The van der Waals surface area contributed by atoms with Gasteiger partial charge in [0, 0.05) is 18.7 Å². The van der Waals surface area contributed by atoms with Gasteiger partial charge >= 0.3 is 6.03 Å². The van der Waals surface area contributed by atoms with Crippen LogP contribution in [0.3, 0.4) is 0 Å². The van der Waals surface area contributed by atoms with Crippen LogP contribution in [0.2, 0.25) is 0 Å². The molecule has 5 heteroatoms. The summed E-state index contributed by atoms with van der Waals surface area (Å²) in [5, 5.41) is 15.0. The van der Waals surface area contributed by atoms with Gasteiger partial charge in [-0.3, -0.25) is 5.32 Å². The maximum Gasteiger partial charge on any atom is 0.320 e.